The Hall–Kier alpha value is -1.66. The molecule has 1 aliphatic heterocycles. The fourth-order valence-corrected chi connectivity index (χ4v) is 4.06. The first-order valence-electron chi connectivity index (χ1n) is 8.23. The quantitative estimate of drug-likeness (QED) is 0.575. The van der Waals surface area contributed by atoms with Crippen molar-refractivity contribution in [2.24, 2.45) is 0 Å². The Labute approximate surface area is 149 Å². The fourth-order valence-electron chi connectivity index (χ4n) is 3.78. The van der Waals surface area contributed by atoms with Crippen molar-refractivity contribution in [1.82, 2.24) is 5.32 Å². The Morgan fingerprint density at radius 3 is 2.21 bits per heavy atom. The lowest BCUT2D eigenvalue weighted by molar-refractivity contribution is -0.787. The molecule has 1 heterocycles. The number of hydrogen-bond donors (Lipinski definition) is 3. The third-order valence-corrected chi connectivity index (χ3v) is 4.45. The van der Waals surface area contributed by atoms with Crippen molar-refractivity contribution in [3.63, 3.8) is 0 Å². The van der Waals surface area contributed by atoms with Crippen LogP contribution in [0.5, 0.6) is 0 Å². The minimum Gasteiger partial charge on any atom is -0.465 e. The Kier molecular flexibility index (Phi) is 5.50. The molecule has 132 valence electrons. The summed E-state index contributed by atoms with van der Waals surface area (Å²) in [5.41, 5.74) is 1.75. The molecule has 4 N–H and O–H groups in total. The van der Waals surface area contributed by atoms with E-state index < -0.39 is 0 Å². The van der Waals surface area contributed by atoms with Crippen molar-refractivity contribution in [2.75, 3.05) is 12.4 Å². The number of esters is 1. The van der Waals surface area contributed by atoms with Gasteiger partial charge in [-0.05, 0) is 64.2 Å². The van der Waals surface area contributed by atoms with E-state index in [0.717, 1.165) is 18.5 Å². The van der Waals surface area contributed by atoms with Crippen LogP contribution in [0.2, 0.25) is 0 Å². The lowest BCUT2D eigenvalue weighted by atomic mass is 9.80. The molecule has 0 radical (unpaired) electrons. The zero-order valence-corrected chi connectivity index (χ0v) is 15.9. The predicted molar refractivity (Wildman–Crippen MR) is 100 cm³/mol. The van der Waals surface area contributed by atoms with E-state index in [9.17, 15) is 4.79 Å². The molecule has 6 heteroatoms. The van der Waals surface area contributed by atoms with Crippen LogP contribution in [-0.2, 0) is 4.74 Å². The SMILES string of the molecule is COC(=O)c1ccc(NC(=S)NC2CC(C)(C)[NH2+]C(C)(C)C2)cc1. The number of nitrogens with two attached hydrogens (primary N) is 1. The molecule has 0 aromatic heterocycles. The number of nitrogens with one attached hydrogen (secondary N) is 2. The molecule has 0 aliphatic carbocycles. The van der Waals surface area contributed by atoms with Gasteiger partial charge in [0.25, 0.3) is 0 Å². The van der Waals surface area contributed by atoms with Gasteiger partial charge in [-0.3, -0.25) is 0 Å². The maximum Gasteiger partial charge on any atom is 0.337 e. The first-order valence-corrected chi connectivity index (χ1v) is 8.64. The second-order valence-corrected chi connectivity index (χ2v) is 8.30. The first kappa shape index (κ1) is 18.7. The average Bonchev–Trinajstić information content (AvgIpc) is 2.43. The summed E-state index contributed by atoms with van der Waals surface area (Å²) in [6.45, 7) is 9.07. The van der Waals surface area contributed by atoms with E-state index in [1.54, 1.807) is 12.1 Å². The number of methoxy groups -OCH3 is 1. The fraction of sp³-hybridized carbons (Fsp3) is 0.556. The van der Waals surface area contributed by atoms with Crippen LogP contribution < -0.4 is 16.0 Å². The van der Waals surface area contributed by atoms with E-state index in [2.05, 4.69) is 43.6 Å². The molecular weight excluding hydrogens is 322 g/mol. The van der Waals surface area contributed by atoms with Gasteiger partial charge < -0.3 is 20.7 Å². The Balaban J connectivity index is 1.94. The van der Waals surface area contributed by atoms with Crippen LogP contribution in [0.4, 0.5) is 5.69 Å². The van der Waals surface area contributed by atoms with Gasteiger partial charge in [0.15, 0.2) is 5.11 Å². The predicted octanol–water partition coefficient (Wildman–Crippen LogP) is 2.04. The summed E-state index contributed by atoms with van der Waals surface area (Å²) in [7, 11) is 1.37. The number of hydrogen-bond acceptors (Lipinski definition) is 3. The van der Waals surface area contributed by atoms with Gasteiger partial charge in [0.05, 0.1) is 23.8 Å². The third kappa shape index (κ3) is 5.18. The van der Waals surface area contributed by atoms with Crippen LogP contribution >= 0.6 is 12.2 Å². The zero-order valence-electron chi connectivity index (χ0n) is 15.1. The third-order valence-electron chi connectivity index (χ3n) is 4.23. The second kappa shape index (κ2) is 7.07. The number of carbonyl (C=O) groups is 1. The summed E-state index contributed by atoms with van der Waals surface area (Å²) < 4.78 is 4.70. The Morgan fingerprint density at radius 1 is 1.17 bits per heavy atom. The highest BCUT2D eigenvalue weighted by molar-refractivity contribution is 7.80. The summed E-state index contributed by atoms with van der Waals surface area (Å²) in [4.78, 5) is 11.4. The molecule has 0 atom stereocenters. The number of ether oxygens (including phenoxy) is 1. The van der Waals surface area contributed by atoms with E-state index in [-0.39, 0.29) is 17.0 Å². The van der Waals surface area contributed by atoms with Crippen molar-refractivity contribution < 1.29 is 14.8 Å². The minimum atomic E-state index is -0.342. The monoisotopic (exact) mass is 350 g/mol. The molecule has 0 bridgehead atoms. The van der Waals surface area contributed by atoms with Gasteiger partial charge in [0.2, 0.25) is 0 Å². The highest BCUT2D eigenvalue weighted by Crippen LogP contribution is 2.22. The van der Waals surface area contributed by atoms with Crippen molar-refractivity contribution in [1.29, 1.82) is 0 Å². The number of quaternary nitrogens is 1. The van der Waals surface area contributed by atoms with E-state index in [1.807, 2.05) is 12.1 Å². The van der Waals surface area contributed by atoms with Crippen LogP contribution in [0, 0.1) is 0 Å². The van der Waals surface area contributed by atoms with Crippen LogP contribution in [0.1, 0.15) is 50.9 Å². The number of piperidine rings is 1. The van der Waals surface area contributed by atoms with E-state index in [1.165, 1.54) is 7.11 Å². The number of benzene rings is 1. The average molecular weight is 351 g/mol. The van der Waals surface area contributed by atoms with E-state index in [4.69, 9.17) is 17.0 Å². The smallest absolute Gasteiger partial charge is 0.337 e. The lowest BCUT2D eigenvalue weighted by Gasteiger charge is -2.43. The normalized spacial score (nSPS) is 19.4. The molecular formula is C18H28N3O2S+. The summed E-state index contributed by atoms with van der Waals surface area (Å²) in [5, 5.41) is 9.68. The highest BCUT2D eigenvalue weighted by atomic mass is 32.1. The van der Waals surface area contributed by atoms with Crippen LogP contribution in [0.15, 0.2) is 24.3 Å². The maximum atomic E-state index is 11.4. The van der Waals surface area contributed by atoms with Gasteiger partial charge in [-0.15, -0.1) is 0 Å². The lowest BCUT2D eigenvalue weighted by Crippen LogP contribution is -3.06. The van der Waals surface area contributed by atoms with Crippen LogP contribution in [0.25, 0.3) is 0 Å². The van der Waals surface area contributed by atoms with Gasteiger partial charge >= 0.3 is 5.97 Å². The van der Waals surface area contributed by atoms with E-state index in [0.29, 0.717) is 16.7 Å². The standard InChI is InChI=1S/C18H27N3O2S/c1-17(2)10-14(11-18(3,4)21-17)20-16(24)19-13-8-6-12(7-9-13)15(22)23-5/h6-9,14,21H,10-11H2,1-5H3,(H2,19,20,24)/p+1. The topological polar surface area (TPSA) is 67.0 Å². The van der Waals surface area contributed by atoms with Crippen molar-refractivity contribution in [3.8, 4) is 0 Å². The van der Waals surface area contributed by atoms with Crippen molar-refractivity contribution in [3.05, 3.63) is 29.8 Å². The molecule has 5 nitrogen and oxygen atoms in total. The van der Waals surface area contributed by atoms with Gasteiger partial charge in [0.1, 0.15) is 0 Å². The summed E-state index contributed by atoms with van der Waals surface area (Å²) in [6, 6.07) is 7.43. The molecule has 0 spiro atoms. The van der Waals surface area contributed by atoms with Crippen molar-refractivity contribution in [2.45, 2.75) is 57.7 Å². The molecule has 2 rings (SSSR count). The largest absolute Gasteiger partial charge is 0.465 e. The summed E-state index contributed by atoms with van der Waals surface area (Å²) in [5.74, 6) is -0.342. The summed E-state index contributed by atoms with van der Waals surface area (Å²) in [6.07, 6.45) is 2.11. The Bertz CT molecular complexity index is 595. The number of carbonyl (C=O) groups excluding carboxylic acids is 1. The van der Waals surface area contributed by atoms with Crippen LogP contribution in [-0.4, -0.2) is 35.3 Å². The van der Waals surface area contributed by atoms with E-state index >= 15 is 0 Å². The molecule has 0 saturated carbocycles. The molecule has 1 fully saturated rings. The molecule has 1 aromatic carbocycles. The molecule has 1 aliphatic rings. The molecule has 24 heavy (non-hydrogen) atoms. The molecule has 1 saturated heterocycles. The molecule has 1 aromatic rings. The number of rotatable bonds is 3. The zero-order chi connectivity index (χ0) is 18.0. The first-order chi connectivity index (χ1) is 11.1. The summed E-state index contributed by atoms with van der Waals surface area (Å²) >= 11 is 5.45. The van der Waals surface area contributed by atoms with Gasteiger partial charge in [0, 0.05) is 24.6 Å². The minimum absolute atomic E-state index is 0.192. The maximum absolute atomic E-state index is 11.4. The van der Waals surface area contributed by atoms with Gasteiger partial charge in [-0.2, -0.15) is 0 Å². The molecule has 0 amide bonds. The number of anilines is 1. The Morgan fingerprint density at radius 2 is 1.71 bits per heavy atom. The van der Waals surface area contributed by atoms with Gasteiger partial charge in [-0.1, -0.05) is 0 Å². The number of thiocarbonyl (C=S) groups is 1. The second-order valence-electron chi connectivity index (χ2n) is 7.89. The van der Waals surface area contributed by atoms with Crippen LogP contribution in [0.3, 0.4) is 0 Å². The van der Waals surface area contributed by atoms with Gasteiger partial charge in [-0.25, -0.2) is 4.79 Å². The van der Waals surface area contributed by atoms with Crippen molar-refractivity contribution >= 4 is 29.0 Å². The highest BCUT2D eigenvalue weighted by Gasteiger charge is 2.41. The molecule has 0 unspecified atom stereocenters.